The van der Waals surface area contributed by atoms with Crippen LogP contribution in [-0.4, -0.2) is 61.9 Å². The van der Waals surface area contributed by atoms with Crippen molar-refractivity contribution in [3.8, 4) is 5.75 Å². The highest BCUT2D eigenvalue weighted by Crippen LogP contribution is 2.36. The van der Waals surface area contributed by atoms with Crippen LogP contribution in [0.5, 0.6) is 5.75 Å². The molecule has 0 bridgehead atoms. The predicted octanol–water partition coefficient (Wildman–Crippen LogP) is 2.69. The normalized spacial score (nSPS) is 19.8. The summed E-state index contributed by atoms with van der Waals surface area (Å²) < 4.78 is 10.8. The van der Waals surface area contributed by atoms with Gasteiger partial charge in [-0.3, -0.25) is 14.5 Å². The summed E-state index contributed by atoms with van der Waals surface area (Å²) in [4.78, 5) is 28.4. The first-order valence-corrected chi connectivity index (χ1v) is 11.3. The van der Waals surface area contributed by atoms with Gasteiger partial charge in [0.1, 0.15) is 5.75 Å². The summed E-state index contributed by atoms with van der Waals surface area (Å²) in [6, 6.07) is 15.6. The molecule has 2 amide bonds. The van der Waals surface area contributed by atoms with Gasteiger partial charge in [0.05, 0.1) is 37.3 Å². The minimum absolute atomic E-state index is 0.0346. The van der Waals surface area contributed by atoms with E-state index in [1.807, 2.05) is 48.5 Å². The summed E-state index contributed by atoms with van der Waals surface area (Å²) in [6.07, 6.45) is 0.142. The van der Waals surface area contributed by atoms with Crippen LogP contribution in [0.15, 0.2) is 53.4 Å². The Morgan fingerprint density at radius 2 is 1.97 bits per heavy atom. The van der Waals surface area contributed by atoms with Crippen LogP contribution in [0.4, 0.5) is 5.69 Å². The average Bonchev–Trinajstić information content (AvgIpc) is 2.81. The number of ether oxygens (including phenoxy) is 2. The Balaban J connectivity index is 1.39. The van der Waals surface area contributed by atoms with E-state index >= 15 is 0 Å². The first-order valence-electron chi connectivity index (χ1n) is 10.4. The smallest absolute Gasteiger partial charge is 0.238 e. The monoisotopic (exact) mass is 441 g/mol. The van der Waals surface area contributed by atoms with E-state index in [4.69, 9.17) is 9.47 Å². The summed E-state index contributed by atoms with van der Waals surface area (Å²) in [6.45, 7) is 3.45. The number of carbonyl (C=O) groups is 2. The number of nitrogens with zero attached hydrogens (tertiary/aromatic N) is 1. The van der Waals surface area contributed by atoms with Crippen molar-refractivity contribution in [2.45, 2.75) is 22.6 Å². The Bertz CT molecular complexity index is 915. The number of nitrogens with one attached hydrogen (secondary N) is 2. The van der Waals surface area contributed by atoms with Gasteiger partial charge >= 0.3 is 0 Å². The number of rotatable bonds is 7. The van der Waals surface area contributed by atoms with E-state index in [2.05, 4.69) is 15.5 Å². The van der Waals surface area contributed by atoms with Crippen molar-refractivity contribution < 1.29 is 19.1 Å². The molecule has 2 aromatic rings. The Kier molecular flexibility index (Phi) is 7.11. The quantitative estimate of drug-likeness (QED) is 0.688. The number of thioether (sulfide) groups is 1. The first-order chi connectivity index (χ1) is 15.1. The van der Waals surface area contributed by atoms with Crippen LogP contribution in [0.2, 0.25) is 0 Å². The molecule has 2 aliphatic heterocycles. The molecule has 2 aliphatic rings. The molecule has 0 aromatic heterocycles. The summed E-state index contributed by atoms with van der Waals surface area (Å²) in [5.74, 6) is 0.548. The second kappa shape index (κ2) is 10.2. The topological polar surface area (TPSA) is 79.9 Å². The molecule has 2 N–H and O–H groups in total. The fourth-order valence-corrected chi connectivity index (χ4v) is 4.96. The molecule has 31 heavy (non-hydrogen) atoms. The molecule has 8 heteroatoms. The lowest BCUT2D eigenvalue weighted by Gasteiger charge is -2.35. The van der Waals surface area contributed by atoms with Gasteiger partial charge in [0.15, 0.2) is 0 Å². The van der Waals surface area contributed by atoms with Crippen molar-refractivity contribution in [2.24, 2.45) is 0 Å². The van der Waals surface area contributed by atoms with Crippen molar-refractivity contribution in [2.75, 3.05) is 45.3 Å². The SMILES string of the molecule is COc1ccc(C(CNC(=O)CC2Sc3ccccc3NC2=O)N2CCOCC2)cc1. The van der Waals surface area contributed by atoms with Crippen LogP contribution >= 0.6 is 11.8 Å². The average molecular weight is 442 g/mol. The number of hydrogen-bond donors (Lipinski definition) is 2. The van der Waals surface area contributed by atoms with E-state index in [1.54, 1.807) is 7.11 Å². The number of methoxy groups -OCH3 is 1. The number of para-hydroxylation sites is 1. The number of fused-ring (bicyclic) bond motifs is 1. The van der Waals surface area contributed by atoms with Gasteiger partial charge in [0.2, 0.25) is 11.8 Å². The Morgan fingerprint density at radius 3 is 2.71 bits per heavy atom. The molecule has 0 radical (unpaired) electrons. The maximum Gasteiger partial charge on any atom is 0.238 e. The van der Waals surface area contributed by atoms with Gasteiger partial charge in [0, 0.05) is 31.0 Å². The van der Waals surface area contributed by atoms with E-state index in [0.29, 0.717) is 19.8 Å². The molecule has 2 unspecified atom stereocenters. The second-order valence-corrected chi connectivity index (χ2v) is 8.78. The molecule has 1 saturated heterocycles. The third-order valence-corrected chi connectivity index (χ3v) is 6.83. The van der Waals surface area contributed by atoms with Gasteiger partial charge in [-0.15, -0.1) is 11.8 Å². The van der Waals surface area contributed by atoms with E-state index in [1.165, 1.54) is 11.8 Å². The third-order valence-electron chi connectivity index (χ3n) is 5.56. The molecule has 2 atom stereocenters. The van der Waals surface area contributed by atoms with E-state index in [0.717, 1.165) is 35.0 Å². The molecule has 2 heterocycles. The van der Waals surface area contributed by atoms with Gasteiger partial charge in [-0.05, 0) is 29.8 Å². The van der Waals surface area contributed by atoms with Gasteiger partial charge in [-0.2, -0.15) is 0 Å². The number of carbonyl (C=O) groups excluding carboxylic acids is 2. The van der Waals surface area contributed by atoms with E-state index in [9.17, 15) is 9.59 Å². The van der Waals surface area contributed by atoms with Gasteiger partial charge in [0.25, 0.3) is 0 Å². The standard InChI is InChI=1S/C23H27N3O4S/c1-29-17-8-6-16(7-9-17)19(26-10-12-30-13-11-26)15-24-22(27)14-21-23(28)25-18-4-2-3-5-20(18)31-21/h2-9,19,21H,10-15H2,1H3,(H,24,27)(H,25,28). The number of hydrogen-bond acceptors (Lipinski definition) is 6. The third kappa shape index (κ3) is 5.39. The summed E-state index contributed by atoms with van der Waals surface area (Å²) in [5, 5.41) is 5.52. The molecular weight excluding hydrogens is 414 g/mol. The van der Waals surface area contributed by atoms with Crippen molar-refractivity contribution in [1.82, 2.24) is 10.2 Å². The number of amides is 2. The molecule has 1 fully saturated rings. The van der Waals surface area contributed by atoms with Crippen LogP contribution in [0.3, 0.4) is 0 Å². The highest BCUT2D eigenvalue weighted by atomic mass is 32.2. The molecule has 2 aromatic carbocycles. The molecular formula is C23H27N3O4S. The molecule has 164 valence electrons. The van der Waals surface area contributed by atoms with Crippen LogP contribution in [0.1, 0.15) is 18.0 Å². The maximum absolute atomic E-state index is 12.7. The van der Waals surface area contributed by atoms with Crippen LogP contribution in [-0.2, 0) is 14.3 Å². The predicted molar refractivity (Wildman–Crippen MR) is 120 cm³/mol. The number of morpholine rings is 1. The number of anilines is 1. The highest BCUT2D eigenvalue weighted by molar-refractivity contribution is 8.01. The molecule has 7 nitrogen and oxygen atoms in total. The molecule has 0 spiro atoms. The van der Waals surface area contributed by atoms with Crippen LogP contribution < -0.4 is 15.4 Å². The lowest BCUT2D eigenvalue weighted by Crippen LogP contribution is -2.44. The lowest BCUT2D eigenvalue weighted by molar-refractivity contribution is -0.124. The van der Waals surface area contributed by atoms with Crippen LogP contribution in [0.25, 0.3) is 0 Å². The maximum atomic E-state index is 12.7. The largest absolute Gasteiger partial charge is 0.497 e. The zero-order chi connectivity index (χ0) is 21.6. The van der Waals surface area contributed by atoms with Gasteiger partial charge in [-0.1, -0.05) is 24.3 Å². The highest BCUT2D eigenvalue weighted by Gasteiger charge is 2.29. The molecule has 0 saturated carbocycles. The summed E-state index contributed by atoms with van der Waals surface area (Å²) >= 11 is 1.44. The fraction of sp³-hybridized carbons (Fsp3) is 0.391. The van der Waals surface area contributed by atoms with Crippen molar-refractivity contribution in [3.63, 3.8) is 0 Å². The van der Waals surface area contributed by atoms with E-state index in [-0.39, 0.29) is 24.3 Å². The Hall–Kier alpha value is -2.55. The molecule has 0 aliphatic carbocycles. The van der Waals surface area contributed by atoms with Gasteiger partial charge in [-0.25, -0.2) is 0 Å². The minimum atomic E-state index is -0.433. The first kappa shape index (κ1) is 21.7. The molecule has 4 rings (SSSR count). The fourth-order valence-electron chi connectivity index (χ4n) is 3.85. The van der Waals surface area contributed by atoms with Gasteiger partial charge < -0.3 is 20.1 Å². The summed E-state index contributed by atoms with van der Waals surface area (Å²) in [7, 11) is 1.65. The zero-order valence-electron chi connectivity index (χ0n) is 17.5. The second-order valence-electron chi connectivity index (χ2n) is 7.54. The minimum Gasteiger partial charge on any atom is -0.497 e. The van der Waals surface area contributed by atoms with Crippen molar-refractivity contribution in [1.29, 1.82) is 0 Å². The zero-order valence-corrected chi connectivity index (χ0v) is 18.3. The Labute approximate surface area is 186 Å². The van der Waals surface area contributed by atoms with E-state index < -0.39 is 5.25 Å². The number of benzene rings is 2. The Morgan fingerprint density at radius 1 is 1.23 bits per heavy atom. The summed E-state index contributed by atoms with van der Waals surface area (Å²) in [5.41, 5.74) is 1.92. The van der Waals surface area contributed by atoms with Crippen molar-refractivity contribution in [3.05, 3.63) is 54.1 Å². The van der Waals surface area contributed by atoms with Crippen molar-refractivity contribution >= 4 is 29.3 Å². The van der Waals surface area contributed by atoms with Crippen LogP contribution in [0, 0.1) is 0 Å². The lowest BCUT2D eigenvalue weighted by atomic mass is 10.0.